The molecule has 3 aromatic rings. The Morgan fingerprint density at radius 3 is 2.59 bits per heavy atom. The van der Waals surface area contributed by atoms with Crippen LogP contribution in [-0.4, -0.2) is 50.2 Å². The molecule has 172 valence electrons. The van der Waals surface area contributed by atoms with Gasteiger partial charge in [-0.1, -0.05) is 11.8 Å². The molecular formula is C20H19BrClF2N3O4S. The molecule has 2 atom stereocenters. The van der Waals surface area contributed by atoms with E-state index in [2.05, 4.69) is 31.0 Å². The van der Waals surface area contributed by atoms with Crippen molar-refractivity contribution in [3.05, 3.63) is 46.4 Å². The number of nitrogens with zero attached hydrogens (tertiary/aromatic N) is 2. The van der Waals surface area contributed by atoms with E-state index >= 15 is 0 Å². The van der Waals surface area contributed by atoms with Crippen molar-refractivity contribution in [1.82, 2.24) is 9.55 Å². The summed E-state index contributed by atoms with van der Waals surface area (Å²) in [5.41, 5.74) is -1.94. The van der Waals surface area contributed by atoms with E-state index in [4.69, 9.17) is 11.6 Å². The molecule has 0 radical (unpaired) electrons. The molecular weight excluding hydrogens is 532 g/mol. The van der Waals surface area contributed by atoms with Gasteiger partial charge in [0.2, 0.25) is 0 Å². The summed E-state index contributed by atoms with van der Waals surface area (Å²) in [5.74, 6) is -0.589. The Morgan fingerprint density at radius 2 is 2.03 bits per heavy atom. The highest BCUT2D eigenvalue weighted by Crippen LogP contribution is 2.34. The van der Waals surface area contributed by atoms with Gasteiger partial charge in [0.05, 0.1) is 29.8 Å². The van der Waals surface area contributed by atoms with Crippen molar-refractivity contribution < 1.29 is 28.5 Å². The van der Waals surface area contributed by atoms with E-state index in [0.717, 1.165) is 0 Å². The van der Waals surface area contributed by atoms with Gasteiger partial charge in [0.15, 0.2) is 5.16 Å². The maximum Gasteiger partial charge on any atom is 0.487 e. The molecule has 0 bridgehead atoms. The second kappa shape index (κ2) is 9.92. The lowest BCUT2D eigenvalue weighted by atomic mass is 10.1. The SMILES string of the molecule is CSc1nc2cc(C(=O)Nc3ccc(OC(F)(F)Cl)cc3)cc(Br)c2n1C(C)C(O)CO. The standard InChI is InChI=1S/C20H19BrClF2N3O4S/c1-10(16(29)9-28)27-17-14(21)7-11(8-15(17)26-19(27)32-2)18(30)25-12-3-5-13(6-4-12)31-20(22,23)24/h3-8,10,16,28-29H,9H2,1-2H3,(H,25,30). The fraction of sp³-hybridized carbons (Fsp3) is 0.300. The van der Waals surface area contributed by atoms with Gasteiger partial charge in [-0.2, -0.15) is 0 Å². The number of imidazole rings is 1. The van der Waals surface area contributed by atoms with Crippen LogP contribution >= 0.6 is 39.3 Å². The zero-order valence-electron chi connectivity index (χ0n) is 16.9. The summed E-state index contributed by atoms with van der Waals surface area (Å²) >= 11 is 9.59. The average Bonchev–Trinajstić information content (AvgIpc) is 3.12. The van der Waals surface area contributed by atoms with Gasteiger partial charge in [-0.3, -0.25) is 4.79 Å². The van der Waals surface area contributed by atoms with Crippen molar-refractivity contribution in [2.45, 2.75) is 29.8 Å². The van der Waals surface area contributed by atoms with Crippen LogP contribution in [0.5, 0.6) is 5.75 Å². The first-order valence-corrected chi connectivity index (χ1v) is 11.6. The Bertz CT molecular complexity index is 1120. The number of aliphatic hydroxyl groups excluding tert-OH is 2. The van der Waals surface area contributed by atoms with Gasteiger partial charge in [-0.15, -0.1) is 8.78 Å². The van der Waals surface area contributed by atoms with Crippen molar-refractivity contribution in [3.63, 3.8) is 0 Å². The summed E-state index contributed by atoms with van der Waals surface area (Å²) in [5, 5.41) is 22.7. The summed E-state index contributed by atoms with van der Waals surface area (Å²) in [7, 11) is 0. The number of aromatic nitrogens is 2. The van der Waals surface area contributed by atoms with E-state index in [-0.39, 0.29) is 5.75 Å². The number of carbonyl (C=O) groups excluding carboxylic acids is 1. The molecule has 32 heavy (non-hydrogen) atoms. The van der Waals surface area contributed by atoms with Gasteiger partial charge in [0, 0.05) is 27.3 Å². The Hall–Kier alpha value is -1.92. The number of amides is 1. The number of alkyl halides is 3. The van der Waals surface area contributed by atoms with Gasteiger partial charge in [-0.25, -0.2) is 4.98 Å². The van der Waals surface area contributed by atoms with Gasteiger partial charge in [0.25, 0.3) is 5.91 Å². The second-order valence-electron chi connectivity index (χ2n) is 6.81. The summed E-state index contributed by atoms with van der Waals surface area (Å²) < 4.78 is 32.0. The molecule has 3 N–H and O–H groups in total. The first-order valence-electron chi connectivity index (χ1n) is 9.25. The molecule has 7 nitrogen and oxygen atoms in total. The number of benzene rings is 2. The van der Waals surface area contributed by atoms with Crippen LogP contribution in [-0.2, 0) is 0 Å². The highest BCUT2D eigenvalue weighted by Gasteiger charge is 2.27. The molecule has 2 unspecified atom stereocenters. The monoisotopic (exact) mass is 549 g/mol. The Kier molecular flexibility index (Phi) is 7.66. The van der Waals surface area contributed by atoms with Crippen molar-refractivity contribution in [1.29, 1.82) is 0 Å². The summed E-state index contributed by atoms with van der Waals surface area (Å²) in [6, 6.07) is 8.09. The van der Waals surface area contributed by atoms with Gasteiger partial charge < -0.3 is 24.8 Å². The molecule has 0 aliphatic rings. The largest absolute Gasteiger partial charge is 0.487 e. The number of nitrogens with one attached hydrogen (secondary N) is 1. The topological polar surface area (TPSA) is 96.6 Å². The quantitative estimate of drug-likeness (QED) is 0.274. The highest BCUT2D eigenvalue weighted by atomic mass is 79.9. The molecule has 2 aromatic carbocycles. The van der Waals surface area contributed by atoms with Crippen LogP contribution in [0.15, 0.2) is 46.0 Å². The molecule has 0 fully saturated rings. The molecule has 12 heteroatoms. The third kappa shape index (κ3) is 5.52. The third-order valence-electron chi connectivity index (χ3n) is 4.65. The van der Waals surface area contributed by atoms with Crippen LogP contribution in [0.4, 0.5) is 14.5 Å². The summed E-state index contributed by atoms with van der Waals surface area (Å²) in [6.07, 6.45) is 0.851. The number of hydrogen-bond acceptors (Lipinski definition) is 6. The zero-order valence-corrected chi connectivity index (χ0v) is 20.0. The predicted molar refractivity (Wildman–Crippen MR) is 123 cm³/mol. The van der Waals surface area contributed by atoms with E-state index in [1.807, 2.05) is 6.26 Å². The average molecular weight is 551 g/mol. The predicted octanol–water partition coefficient (Wildman–Crippen LogP) is 4.86. The highest BCUT2D eigenvalue weighted by molar-refractivity contribution is 9.10. The maximum absolute atomic E-state index is 12.8. The maximum atomic E-state index is 12.8. The van der Waals surface area contributed by atoms with Crippen LogP contribution in [0.25, 0.3) is 11.0 Å². The van der Waals surface area contributed by atoms with Crippen molar-refractivity contribution in [3.8, 4) is 5.75 Å². The lowest BCUT2D eigenvalue weighted by Crippen LogP contribution is -2.25. The number of carbonyl (C=O) groups is 1. The number of thioether (sulfide) groups is 1. The fourth-order valence-electron chi connectivity index (χ4n) is 3.08. The van der Waals surface area contributed by atoms with Crippen LogP contribution in [0.3, 0.4) is 0 Å². The molecule has 1 aromatic heterocycles. The summed E-state index contributed by atoms with van der Waals surface area (Å²) in [6.45, 7) is 1.36. The molecule has 0 saturated heterocycles. The number of anilines is 1. The Morgan fingerprint density at radius 1 is 1.38 bits per heavy atom. The van der Waals surface area contributed by atoms with Gasteiger partial charge in [0.1, 0.15) is 5.75 Å². The van der Waals surface area contributed by atoms with Crippen molar-refractivity contribution >= 4 is 61.9 Å². The van der Waals surface area contributed by atoms with E-state index < -0.39 is 30.2 Å². The molecule has 0 saturated carbocycles. The van der Waals surface area contributed by atoms with E-state index in [1.165, 1.54) is 36.0 Å². The van der Waals surface area contributed by atoms with Gasteiger partial charge >= 0.3 is 5.57 Å². The van der Waals surface area contributed by atoms with Crippen LogP contribution in [0.1, 0.15) is 23.3 Å². The molecule has 0 aliphatic heterocycles. The first kappa shape index (κ1) is 24.7. The molecule has 1 amide bonds. The van der Waals surface area contributed by atoms with E-state index in [1.54, 1.807) is 23.6 Å². The van der Waals surface area contributed by atoms with Crippen LogP contribution in [0, 0.1) is 0 Å². The number of aliphatic hydroxyl groups is 2. The molecule has 3 rings (SSSR count). The summed E-state index contributed by atoms with van der Waals surface area (Å²) in [4.78, 5) is 17.3. The number of halogens is 4. The minimum Gasteiger partial charge on any atom is -0.420 e. The third-order valence-corrected chi connectivity index (χ3v) is 5.98. The fourth-order valence-corrected chi connectivity index (χ4v) is 4.46. The normalized spacial score (nSPS) is 13.8. The zero-order chi connectivity index (χ0) is 23.6. The Balaban J connectivity index is 1.89. The number of hydrogen-bond donors (Lipinski definition) is 3. The second-order valence-corrected chi connectivity index (χ2v) is 8.88. The Labute approximate surface area is 199 Å². The first-order chi connectivity index (χ1) is 15.0. The smallest absolute Gasteiger partial charge is 0.420 e. The molecule has 0 aliphatic carbocycles. The van der Waals surface area contributed by atoms with Gasteiger partial charge in [-0.05, 0) is 65.5 Å². The van der Waals surface area contributed by atoms with Crippen molar-refractivity contribution in [2.75, 3.05) is 18.2 Å². The minimum absolute atomic E-state index is 0.151. The molecule has 0 spiro atoms. The van der Waals surface area contributed by atoms with Crippen molar-refractivity contribution in [2.24, 2.45) is 0 Å². The number of rotatable bonds is 8. The van der Waals surface area contributed by atoms with E-state index in [0.29, 0.717) is 31.9 Å². The number of fused-ring (bicyclic) bond motifs is 1. The molecule has 1 heterocycles. The lowest BCUT2D eigenvalue weighted by Gasteiger charge is -2.21. The van der Waals surface area contributed by atoms with E-state index in [9.17, 15) is 23.8 Å². The van der Waals surface area contributed by atoms with Crippen LogP contribution < -0.4 is 10.1 Å². The lowest BCUT2D eigenvalue weighted by molar-refractivity contribution is -0.0964. The number of ether oxygens (including phenoxy) is 1. The van der Waals surface area contributed by atoms with Crippen LogP contribution in [0.2, 0.25) is 0 Å². The minimum atomic E-state index is -3.82.